The molecule has 0 aliphatic carbocycles. The van der Waals surface area contributed by atoms with Gasteiger partial charge in [-0.1, -0.05) is 51.3 Å². The molecule has 0 bridgehead atoms. The van der Waals surface area contributed by atoms with Gasteiger partial charge in [0.15, 0.2) is 0 Å². The van der Waals surface area contributed by atoms with Crippen LogP contribution in [-0.4, -0.2) is 0 Å². The Kier molecular flexibility index (Phi) is 4.77. The van der Waals surface area contributed by atoms with E-state index in [9.17, 15) is 0 Å². The smallest absolute Gasteiger partial charge is 0.0595 e. The summed E-state index contributed by atoms with van der Waals surface area (Å²) in [6, 6.07) is 12.0. The van der Waals surface area contributed by atoms with Crippen molar-refractivity contribution in [2.45, 2.75) is 19.9 Å². The summed E-state index contributed by atoms with van der Waals surface area (Å²) in [5, 5.41) is 4.64. The van der Waals surface area contributed by atoms with Crippen molar-refractivity contribution >= 4 is 44.8 Å². The molecule has 0 saturated heterocycles. The maximum Gasteiger partial charge on any atom is 0.0595 e. The molecule has 4 heteroatoms. The van der Waals surface area contributed by atoms with Crippen molar-refractivity contribution < 1.29 is 0 Å². The summed E-state index contributed by atoms with van der Waals surface area (Å²) in [7, 11) is 0. The summed E-state index contributed by atoms with van der Waals surface area (Å²) < 4.78 is 1.06. The zero-order valence-electron chi connectivity index (χ0n) is 10.7. The van der Waals surface area contributed by atoms with E-state index in [1.165, 1.54) is 5.56 Å². The van der Waals surface area contributed by atoms with Crippen LogP contribution in [0, 0.1) is 6.92 Å². The van der Waals surface area contributed by atoms with Crippen LogP contribution in [0.2, 0.25) is 10.0 Å². The van der Waals surface area contributed by atoms with E-state index in [4.69, 9.17) is 23.2 Å². The molecule has 100 valence electrons. The van der Waals surface area contributed by atoms with E-state index in [0.29, 0.717) is 10.0 Å². The Bertz CT molecular complexity index is 599. The van der Waals surface area contributed by atoms with Crippen LogP contribution in [0.1, 0.15) is 24.1 Å². The van der Waals surface area contributed by atoms with E-state index in [2.05, 4.69) is 47.2 Å². The molecule has 0 aliphatic rings. The van der Waals surface area contributed by atoms with Crippen LogP contribution in [0.5, 0.6) is 0 Å². The lowest BCUT2D eigenvalue weighted by molar-refractivity contribution is 0.882. The van der Waals surface area contributed by atoms with Gasteiger partial charge in [-0.15, -0.1) is 0 Å². The van der Waals surface area contributed by atoms with Crippen LogP contribution in [0.15, 0.2) is 40.9 Å². The third-order valence-electron chi connectivity index (χ3n) is 3.02. The second-order valence-corrected chi connectivity index (χ2v) is 6.23. The first-order valence-corrected chi connectivity index (χ1v) is 7.50. The molecule has 2 rings (SSSR count). The molecule has 2 aromatic rings. The number of rotatable bonds is 3. The highest BCUT2D eigenvalue weighted by molar-refractivity contribution is 9.10. The fraction of sp³-hybridized carbons (Fsp3) is 0.200. The van der Waals surface area contributed by atoms with Crippen molar-refractivity contribution in [3.05, 3.63) is 62.0 Å². The Morgan fingerprint density at radius 3 is 2.47 bits per heavy atom. The van der Waals surface area contributed by atoms with Gasteiger partial charge in [-0.2, -0.15) is 0 Å². The van der Waals surface area contributed by atoms with Gasteiger partial charge >= 0.3 is 0 Å². The highest BCUT2D eigenvalue weighted by Crippen LogP contribution is 2.29. The van der Waals surface area contributed by atoms with Gasteiger partial charge in [-0.3, -0.25) is 0 Å². The molecule has 0 heterocycles. The molecule has 0 fully saturated rings. The largest absolute Gasteiger partial charge is 0.378 e. The Balaban J connectivity index is 2.22. The molecule has 1 unspecified atom stereocenters. The highest BCUT2D eigenvalue weighted by Gasteiger charge is 2.09. The summed E-state index contributed by atoms with van der Waals surface area (Å²) in [6.07, 6.45) is 0. The van der Waals surface area contributed by atoms with Gasteiger partial charge < -0.3 is 5.32 Å². The van der Waals surface area contributed by atoms with E-state index in [-0.39, 0.29) is 6.04 Å². The van der Waals surface area contributed by atoms with Crippen LogP contribution in [-0.2, 0) is 0 Å². The van der Waals surface area contributed by atoms with Crippen molar-refractivity contribution in [3.63, 3.8) is 0 Å². The average molecular weight is 359 g/mol. The average Bonchev–Trinajstić information content (AvgIpc) is 2.37. The van der Waals surface area contributed by atoms with Gasteiger partial charge in [0.05, 0.1) is 10.0 Å². The SMILES string of the molecule is Cc1ccc(Br)cc1NC(C)c1ccc(Cl)c(Cl)c1. The number of aryl methyl sites for hydroxylation is 1. The van der Waals surface area contributed by atoms with E-state index in [1.54, 1.807) is 0 Å². The number of anilines is 1. The molecule has 1 N–H and O–H groups in total. The van der Waals surface area contributed by atoms with Gasteiger partial charge in [-0.25, -0.2) is 0 Å². The van der Waals surface area contributed by atoms with Gasteiger partial charge in [-0.05, 0) is 49.2 Å². The Hall–Kier alpha value is -0.700. The summed E-state index contributed by atoms with van der Waals surface area (Å²) >= 11 is 15.5. The Labute approximate surface area is 132 Å². The summed E-state index contributed by atoms with van der Waals surface area (Å²) in [6.45, 7) is 4.18. The van der Waals surface area contributed by atoms with E-state index in [0.717, 1.165) is 15.7 Å². The van der Waals surface area contributed by atoms with Crippen LogP contribution in [0.25, 0.3) is 0 Å². The summed E-state index contributed by atoms with van der Waals surface area (Å²) in [5.74, 6) is 0. The third-order valence-corrected chi connectivity index (χ3v) is 4.25. The summed E-state index contributed by atoms with van der Waals surface area (Å²) in [4.78, 5) is 0. The number of halogens is 3. The fourth-order valence-corrected chi connectivity index (χ4v) is 2.52. The lowest BCUT2D eigenvalue weighted by Crippen LogP contribution is -2.07. The number of benzene rings is 2. The van der Waals surface area contributed by atoms with Crippen molar-refractivity contribution in [1.29, 1.82) is 0 Å². The monoisotopic (exact) mass is 357 g/mol. The Morgan fingerprint density at radius 1 is 1.05 bits per heavy atom. The van der Waals surface area contributed by atoms with Gasteiger partial charge in [0.2, 0.25) is 0 Å². The van der Waals surface area contributed by atoms with Crippen LogP contribution < -0.4 is 5.32 Å². The van der Waals surface area contributed by atoms with Crippen molar-refractivity contribution in [2.75, 3.05) is 5.32 Å². The molecule has 1 atom stereocenters. The first-order chi connectivity index (χ1) is 8.97. The normalized spacial score (nSPS) is 12.3. The van der Waals surface area contributed by atoms with Crippen LogP contribution in [0.4, 0.5) is 5.69 Å². The first kappa shape index (κ1) is 14.7. The Morgan fingerprint density at radius 2 is 1.79 bits per heavy atom. The summed E-state index contributed by atoms with van der Waals surface area (Å²) in [5.41, 5.74) is 3.41. The van der Waals surface area contributed by atoms with Gasteiger partial charge in [0.1, 0.15) is 0 Å². The van der Waals surface area contributed by atoms with Crippen LogP contribution in [0.3, 0.4) is 0 Å². The molecule has 19 heavy (non-hydrogen) atoms. The topological polar surface area (TPSA) is 12.0 Å². The van der Waals surface area contributed by atoms with Crippen LogP contribution >= 0.6 is 39.1 Å². The van der Waals surface area contributed by atoms with Crippen molar-refractivity contribution in [2.24, 2.45) is 0 Å². The van der Waals surface area contributed by atoms with Gasteiger partial charge in [0.25, 0.3) is 0 Å². The molecule has 0 amide bonds. The fourth-order valence-electron chi connectivity index (χ4n) is 1.85. The standard InChI is InChI=1S/C15H14BrCl2N/c1-9-3-5-12(16)8-15(9)19-10(2)11-4-6-13(17)14(18)7-11/h3-8,10,19H,1-2H3. The number of nitrogens with one attached hydrogen (secondary N) is 1. The minimum absolute atomic E-state index is 0.155. The second kappa shape index (κ2) is 6.17. The minimum atomic E-state index is 0.155. The minimum Gasteiger partial charge on any atom is -0.378 e. The quantitative estimate of drug-likeness (QED) is 0.684. The zero-order chi connectivity index (χ0) is 14.0. The molecule has 0 aromatic heterocycles. The molecule has 0 radical (unpaired) electrons. The van der Waals surface area contributed by atoms with Gasteiger partial charge in [0, 0.05) is 16.2 Å². The first-order valence-electron chi connectivity index (χ1n) is 5.95. The van der Waals surface area contributed by atoms with E-state index in [1.807, 2.05) is 24.3 Å². The highest BCUT2D eigenvalue weighted by atomic mass is 79.9. The van der Waals surface area contributed by atoms with E-state index >= 15 is 0 Å². The number of hydrogen-bond acceptors (Lipinski definition) is 1. The lowest BCUT2D eigenvalue weighted by Gasteiger charge is -2.18. The lowest BCUT2D eigenvalue weighted by atomic mass is 10.1. The molecular formula is C15H14BrCl2N. The molecule has 1 nitrogen and oxygen atoms in total. The van der Waals surface area contributed by atoms with Crippen molar-refractivity contribution in [3.8, 4) is 0 Å². The molecule has 0 spiro atoms. The predicted octanol–water partition coefficient (Wildman–Crippen LogP) is 6.24. The maximum absolute atomic E-state index is 6.05. The maximum atomic E-state index is 6.05. The predicted molar refractivity (Wildman–Crippen MR) is 87.4 cm³/mol. The molecule has 0 saturated carbocycles. The number of hydrogen-bond donors (Lipinski definition) is 1. The third kappa shape index (κ3) is 3.65. The molecule has 0 aliphatic heterocycles. The molecular weight excluding hydrogens is 345 g/mol. The molecule has 2 aromatic carbocycles. The second-order valence-electron chi connectivity index (χ2n) is 4.50. The zero-order valence-corrected chi connectivity index (χ0v) is 13.8. The van der Waals surface area contributed by atoms with E-state index < -0.39 is 0 Å². The van der Waals surface area contributed by atoms with Crippen molar-refractivity contribution in [1.82, 2.24) is 0 Å².